The molecule has 1 aromatic rings. The van der Waals surface area contributed by atoms with Gasteiger partial charge in [-0.25, -0.2) is 4.98 Å². The van der Waals surface area contributed by atoms with Crippen molar-refractivity contribution in [3.63, 3.8) is 0 Å². The summed E-state index contributed by atoms with van der Waals surface area (Å²) in [6.45, 7) is 11.6. The summed E-state index contributed by atoms with van der Waals surface area (Å²) in [7, 11) is 0. The van der Waals surface area contributed by atoms with Crippen molar-refractivity contribution in [2.75, 3.05) is 45.9 Å². The largest absolute Gasteiger partial charge is 0.379 e. The first-order valence-electron chi connectivity index (χ1n) is 10.8. The number of carbonyl (C=O) groups is 1. The van der Waals surface area contributed by atoms with Gasteiger partial charge in [0.25, 0.3) is 0 Å². The monoisotopic (exact) mass is 406 g/mol. The number of amides is 1. The third-order valence-electron chi connectivity index (χ3n) is 7.12. The van der Waals surface area contributed by atoms with Gasteiger partial charge in [0.2, 0.25) is 5.91 Å². The van der Waals surface area contributed by atoms with Gasteiger partial charge < -0.3 is 15.0 Å². The average molecular weight is 407 g/mol. The van der Waals surface area contributed by atoms with E-state index in [0.29, 0.717) is 18.5 Å². The van der Waals surface area contributed by atoms with Gasteiger partial charge in [0, 0.05) is 31.1 Å². The number of aromatic nitrogens is 1. The van der Waals surface area contributed by atoms with Crippen LogP contribution in [0.5, 0.6) is 0 Å². The van der Waals surface area contributed by atoms with E-state index < -0.39 is 0 Å². The van der Waals surface area contributed by atoms with Crippen LogP contribution in [-0.4, -0.2) is 72.7 Å². The van der Waals surface area contributed by atoms with Crippen LogP contribution in [0.3, 0.4) is 0 Å². The second-order valence-corrected chi connectivity index (χ2v) is 9.69. The number of likely N-dealkylation sites (tertiary alicyclic amines) is 1. The Morgan fingerprint density at radius 3 is 2.89 bits per heavy atom. The summed E-state index contributed by atoms with van der Waals surface area (Å²) < 4.78 is 5.54. The molecule has 156 valence electrons. The van der Waals surface area contributed by atoms with Gasteiger partial charge in [0.1, 0.15) is 0 Å². The lowest BCUT2D eigenvalue weighted by Crippen LogP contribution is -2.60. The summed E-state index contributed by atoms with van der Waals surface area (Å²) in [6.07, 6.45) is 4.41. The maximum atomic E-state index is 13.5. The normalized spacial score (nSPS) is 32.1. The maximum absolute atomic E-state index is 13.5. The first kappa shape index (κ1) is 20.3. The van der Waals surface area contributed by atoms with E-state index in [4.69, 9.17) is 4.74 Å². The first-order chi connectivity index (χ1) is 13.6. The Kier molecular flexibility index (Phi) is 6.35. The lowest BCUT2D eigenvalue weighted by molar-refractivity contribution is -0.145. The number of fused-ring (bicyclic) bond motifs is 1. The molecule has 0 bridgehead atoms. The number of thiazole rings is 1. The predicted molar refractivity (Wildman–Crippen MR) is 111 cm³/mol. The van der Waals surface area contributed by atoms with Crippen molar-refractivity contribution in [3.8, 4) is 0 Å². The number of ether oxygens (including phenoxy) is 1. The lowest BCUT2D eigenvalue weighted by Gasteiger charge is -2.53. The maximum Gasteiger partial charge on any atom is 0.228 e. The minimum absolute atomic E-state index is 0.234. The molecule has 0 spiro atoms. The van der Waals surface area contributed by atoms with Gasteiger partial charge in [-0.05, 0) is 51.6 Å². The molecule has 0 aromatic carbocycles. The molecule has 1 N–H and O–H groups in total. The van der Waals surface area contributed by atoms with Gasteiger partial charge >= 0.3 is 0 Å². The molecular weight excluding hydrogens is 372 g/mol. The molecule has 1 saturated carbocycles. The van der Waals surface area contributed by atoms with Crippen LogP contribution in [0, 0.1) is 18.3 Å². The zero-order chi connectivity index (χ0) is 19.6. The molecule has 2 aliphatic heterocycles. The second kappa shape index (κ2) is 8.78. The molecule has 0 radical (unpaired) electrons. The molecule has 0 unspecified atom stereocenters. The van der Waals surface area contributed by atoms with Gasteiger partial charge in [-0.2, -0.15) is 0 Å². The number of morpholine rings is 1. The summed E-state index contributed by atoms with van der Waals surface area (Å²) in [6, 6.07) is 0.615. The Bertz CT molecular complexity index is 675. The highest BCUT2D eigenvalue weighted by Gasteiger charge is 2.52. The number of piperidine rings is 1. The number of aryl methyl sites for hydroxylation is 1. The average Bonchev–Trinajstić information content (AvgIpc) is 3.16. The molecule has 2 saturated heterocycles. The van der Waals surface area contributed by atoms with E-state index >= 15 is 0 Å². The van der Waals surface area contributed by atoms with Crippen molar-refractivity contribution in [2.24, 2.45) is 11.3 Å². The third-order valence-corrected chi connectivity index (χ3v) is 7.94. The van der Waals surface area contributed by atoms with Crippen LogP contribution in [0.2, 0.25) is 0 Å². The molecule has 3 atom stereocenters. The molecule has 1 aliphatic carbocycles. The van der Waals surface area contributed by atoms with Crippen molar-refractivity contribution in [3.05, 3.63) is 16.1 Å². The Labute approximate surface area is 172 Å². The summed E-state index contributed by atoms with van der Waals surface area (Å²) in [5.74, 6) is 0.732. The highest BCUT2D eigenvalue weighted by molar-refractivity contribution is 7.09. The van der Waals surface area contributed by atoms with Crippen molar-refractivity contribution in [1.82, 2.24) is 20.1 Å². The zero-order valence-corrected chi connectivity index (χ0v) is 18.1. The fraction of sp³-hybridized carbons (Fsp3) is 0.810. The van der Waals surface area contributed by atoms with E-state index in [0.717, 1.165) is 82.3 Å². The molecule has 7 heteroatoms. The molecule has 6 nitrogen and oxygen atoms in total. The van der Waals surface area contributed by atoms with Crippen molar-refractivity contribution >= 4 is 17.2 Å². The Morgan fingerprint density at radius 1 is 1.36 bits per heavy atom. The van der Waals surface area contributed by atoms with E-state index in [1.807, 2.05) is 6.92 Å². The molecule has 1 amide bonds. The second-order valence-electron chi connectivity index (χ2n) is 8.63. The predicted octanol–water partition coefficient (Wildman–Crippen LogP) is 2.28. The first-order valence-corrected chi connectivity index (χ1v) is 11.7. The summed E-state index contributed by atoms with van der Waals surface area (Å²) in [4.78, 5) is 23.1. The van der Waals surface area contributed by atoms with Gasteiger partial charge in [0.05, 0.1) is 35.9 Å². The number of nitrogens with one attached hydrogen (secondary N) is 1. The fourth-order valence-electron chi connectivity index (χ4n) is 5.47. The molecule has 4 rings (SSSR count). The number of carbonyl (C=O) groups excluding carboxylic acids is 1. The van der Waals surface area contributed by atoms with Crippen LogP contribution in [0.4, 0.5) is 0 Å². The molecular formula is C21H34N4O2S. The van der Waals surface area contributed by atoms with Crippen LogP contribution < -0.4 is 5.32 Å². The van der Waals surface area contributed by atoms with Gasteiger partial charge in [-0.3, -0.25) is 9.69 Å². The van der Waals surface area contributed by atoms with E-state index in [1.165, 1.54) is 0 Å². The van der Waals surface area contributed by atoms with Crippen molar-refractivity contribution in [1.29, 1.82) is 0 Å². The van der Waals surface area contributed by atoms with Crippen LogP contribution in [0.25, 0.3) is 0 Å². The van der Waals surface area contributed by atoms with Crippen LogP contribution in [-0.2, 0) is 16.1 Å². The molecule has 28 heavy (non-hydrogen) atoms. The summed E-state index contributed by atoms with van der Waals surface area (Å²) in [5, 5.41) is 6.37. The Hall–Kier alpha value is -1.02. The highest BCUT2D eigenvalue weighted by Crippen LogP contribution is 2.47. The van der Waals surface area contributed by atoms with E-state index in [2.05, 4.69) is 32.4 Å². The smallest absolute Gasteiger partial charge is 0.228 e. The summed E-state index contributed by atoms with van der Waals surface area (Å²) in [5.41, 5.74) is 0.747. The quantitative estimate of drug-likeness (QED) is 0.813. The van der Waals surface area contributed by atoms with E-state index in [1.54, 1.807) is 11.3 Å². The highest BCUT2D eigenvalue weighted by atomic mass is 32.1. The van der Waals surface area contributed by atoms with Crippen LogP contribution in [0.15, 0.2) is 5.38 Å². The van der Waals surface area contributed by atoms with E-state index in [-0.39, 0.29) is 11.3 Å². The minimum Gasteiger partial charge on any atom is -0.379 e. The topological polar surface area (TPSA) is 57.7 Å². The van der Waals surface area contributed by atoms with Gasteiger partial charge in [-0.1, -0.05) is 6.92 Å². The lowest BCUT2D eigenvalue weighted by atomic mass is 9.61. The zero-order valence-electron chi connectivity index (χ0n) is 17.3. The molecule has 3 heterocycles. The van der Waals surface area contributed by atoms with Crippen LogP contribution in [0.1, 0.15) is 43.3 Å². The molecule has 3 fully saturated rings. The summed E-state index contributed by atoms with van der Waals surface area (Å²) >= 11 is 1.65. The number of hydrogen-bond acceptors (Lipinski definition) is 6. The fourth-order valence-corrected chi connectivity index (χ4v) is 6.08. The molecule has 1 aromatic heterocycles. The number of nitrogens with zero attached hydrogens (tertiary/aromatic N) is 3. The van der Waals surface area contributed by atoms with E-state index in [9.17, 15) is 4.79 Å². The minimum atomic E-state index is -0.234. The van der Waals surface area contributed by atoms with Crippen LogP contribution >= 0.6 is 11.3 Å². The molecule has 3 aliphatic rings. The standard InChI is InChI=1S/C21H34N4O2S/c1-3-24-7-5-17-12-19(25-8-10-27-11-9-25)4-6-21(17,15-24)20(26)22-13-18-14-28-16(2)23-18/h14,17,19H,3-13,15H2,1-2H3,(H,22,26)/t17-,19+,21-/m1/s1. The van der Waals surface area contributed by atoms with Crippen molar-refractivity contribution in [2.45, 2.75) is 52.1 Å². The van der Waals surface area contributed by atoms with Crippen molar-refractivity contribution < 1.29 is 9.53 Å². The van der Waals surface area contributed by atoms with Gasteiger partial charge in [0.15, 0.2) is 0 Å². The Morgan fingerprint density at radius 2 is 2.18 bits per heavy atom. The third kappa shape index (κ3) is 4.13. The number of hydrogen-bond donors (Lipinski definition) is 1. The Balaban J connectivity index is 1.46. The SMILES string of the molecule is CCN1CC[C@@H]2C[C@@H](N3CCOCC3)CC[C@@]2(C(=O)NCc2csc(C)n2)C1. The number of rotatable bonds is 5. The van der Waals surface area contributed by atoms with Gasteiger partial charge in [-0.15, -0.1) is 11.3 Å².